The average molecular weight is 459 g/mol. The molecule has 1 aromatic carbocycles. The predicted molar refractivity (Wildman–Crippen MR) is 109 cm³/mol. The van der Waals surface area contributed by atoms with E-state index in [0.29, 0.717) is 25.1 Å². The molecule has 1 atom stereocenters. The van der Waals surface area contributed by atoms with Crippen molar-refractivity contribution in [3.8, 4) is 0 Å². The van der Waals surface area contributed by atoms with Gasteiger partial charge in [-0.15, -0.1) is 0 Å². The Morgan fingerprint density at radius 2 is 1.90 bits per heavy atom. The first-order chi connectivity index (χ1) is 14.1. The molecule has 1 amide bonds. The fourth-order valence-electron chi connectivity index (χ4n) is 3.64. The van der Waals surface area contributed by atoms with Crippen molar-refractivity contribution in [2.75, 3.05) is 31.2 Å². The van der Waals surface area contributed by atoms with E-state index in [4.69, 9.17) is 4.74 Å². The number of ether oxygens (including phenoxy) is 1. The number of rotatable bonds is 6. The van der Waals surface area contributed by atoms with Crippen molar-refractivity contribution < 1.29 is 31.2 Å². The van der Waals surface area contributed by atoms with Gasteiger partial charge in [-0.2, -0.15) is 4.31 Å². The summed E-state index contributed by atoms with van der Waals surface area (Å²) in [6.45, 7) is 1.99. The van der Waals surface area contributed by atoms with E-state index in [1.165, 1.54) is 22.5 Å². The first-order valence-electron chi connectivity index (χ1n) is 9.86. The third-order valence-electron chi connectivity index (χ3n) is 5.29. The number of aryl methyl sites for hydroxylation is 1. The maximum atomic E-state index is 13.0. The van der Waals surface area contributed by atoms with Gasteiger partial charge >= 0.3 is 5.97 Å². The maximum Gasteiger partial charge on any atom is 0.338 e. The molecule has 2 fully saturated rings. The lowest BCUT2D eigenvalue weighted by Crippen LogP contribution is -2.38. The predicted octanol–water partition coefficient (Wildman–Crippen LogP) is 0.630. The van der Waals surface area contributed by atoms with E-state index in [-0.39, 0.29) is 22.0 Å². The molecule has 0 aliphatic carbocycles. The Morgan fingerprint density at radius 1 is 1.20 bits per heavy atom. The Labute approximate surface area is 176 Å². The molecule has 0 bridgehead atoms. The molecule has 2 saturated heterocycles. The largest absolute Gasteiger partial charge is 0.452 e. The van der Waals surface area contributed by atoms with Crippen LogP contribution in [0.3, 0.4) is 0 Å². The van der Waals surface area contributed by atoms with Crippen LogP contribution < -0.4 is 5.32 Å². The molecule has 1 unspecified atom stereocenters. The van der Waals surface area contributed by atoms with Gasteiger partial charge in [0.05, 0.1) is 22.0 Å². The summed E-state index contributed by atoms with van der Waals surface area (Å²) in [6, 6.07) is 3.79. The Kier molecular flexibility index (Phi) is 6.83. The topological polar surface area (TPSA) is 127 Å². The molecule has 2 aliphatic heterocycles. The summed E-state index contributed by atoms with van der Waals surface area (Å²) in [4.78, 5) is 24.4. The van der Waals surface area contributed by atoms with Gasteiger partial charge in [0, 0.05) is 19.1 Å². The third-order valence-corrected chi connectivity index (χ3v) is 9.10. The molecule has 11 heteroatoms. The normalized spacial score (nSPS) is 21.8. The summed E-state index contributed by atoms with van der Waals surface area (Å²) in [5, 5.41) is 2.53. The number of piperidine rings is 1. The van der Waals surface area contributed by atoms with E-state index < -0.39 is 44.4 Å². The van der Waals surface area contributed by atoms with E-state index in [9.17, 15) is 26.4 Å². The van der Waals surface area contributed by atoms with Gasteiger partial charge in [0.25, 0.3) is 5.91 Å². The minimum atomic E-state index is -3.72. The lowest BCUT2D eigenvalue weighted by Gasteiger charge is -2.26. The molecule has 3 rings (SSSR count). The molecule has 0 aromatic heterocycles. The van der Waals surface area contributed by atoms with Crippen LogP contribution in [0.25, 0.3) is 0 Å². The molecular weight excluding hydrogens is 432 g/mol. The molecule has 9 nitrogen and oxygen atoms in total. The van der Waals surface area contributed by atoms with E-state index in [0.717, 1.165) is 19.3 Å². The molecule has 166 valence electrons. The first-order valence-corrected chi connectivity index (χ1v) is 13.1. The molecule has 1 aromatic rings. The highest BCUT2D eigenvalue weighted by atomic mass is 32.2. The standard InChI is InChI=1S/C19H26N2O7S2/c1-14-5-6-15(11-17(14)30(26,27)21-8-3-2-4-9-21)19(23)28-12-18(22)20-16-7-10-29(24,25)13-16/h5-6,11,16H,2-4,7-10,12-13H2,1H3,(H,20,22). The number of carbonyl (C=O) groups is 2. The first kappa shape index (κ1) is 22.7. The quantitative estimate of drug-likeness (QED) is 0.620. The SMILES string of the molecule is Cc1ccc(C(=O)OCC(=O)NC2CCS(=O)(=O)C2)cc1S(=O)(=O)N1CCCCC1. The van der Waals surface area contributed by atoms with E-state index in [2.05, 4.69) is 5.32 Å². The number of nitrogens with one attached hydrogen (secondary N) is 1. The van der Waals surface area contributed by atoms with Crippen molar-refractivity contribution in [2.45, 2.75) is 43.5 Å². The van der Waals surface area contributed by atoms with E-state index in [1.807, 2.05) is 0 Å². The molecule has 30 heavy (non-hydrogen) atoms. The fraction of sp³-hybridized carbons (Fsp3) is 0.579. The summed E-state index contributed by atoms with van der Waals surface area (Å²) in [5.74, 6) is -1.52. The number of sulfonamides is 1. The van der Waals surface area contributed by atoms with Crippen molar-refractivity contribution >= 4 is 31.7 Å². The van der Waals surface area contributed by atoms with Crippen LogP contribution in [0, 0.1) is 6.92 Å². The molecule has 2 aliphatic rings. The van der Waals surface area contributed by atoms with Crippen molar-refractivity contribution in [2.24, 2.45) is 0 Å². The second kappa shape index (κ2) is 9.03. The maximum absolute atomic E-state index is 13.0. The van der Waals surface area contributed by atoms with Crippen molar-refractivity contribution in [1.29, 1.82) is 0 Å². The molecule has 2 heterocycles. The van der Waals surface area contributed by atoms with Gasteiger partial charge in [0.15, 0.2) is 16.4 Å². The van der Waals surface area contributed by atoms with Crippen molar-refractivity contribution in [3.05, 3.63) is 29.3 Å². The summed E-state index contributed by atoms with van der Waals surface area (Å²) in [5.41, 5.74) is 0.560. The molecule has 0 radical (unpaired) electrons. The van der Waals surface area contributed by atoms with Gasteiger partial charge in [-0.25, -0.2) is 21.6 Å². The van der Waals surface area contributed by atoms with E-state index in [1.54, 1.807) is 6.92 Å². The number of carbonyl (C=O) groups excluding carboxylic acids is 2. The van der Waals surface area contributed by atoms with Gasteiger partial charge in [0.2, 0.25) is 10.0 Å². The number of hydrogen-bond acceptors (Lipinski definition) is 7. The summed E-state index contributed by atoms with van der Waals surface area (Å²) >= 11 is 0. The van der Waals surface area contributed by atoms with Crippen LogP contribution >= 0.6 is 0 Å². The van der Waals surface area contributed by atoms with Gasteiger partial charge in [-0.05, 0) is 43.9 Å². The number of nitrogens with zero attached hydrogens (tertiary/aromatic N) is 1. The fourth-order valence-corrected chi connectivity index (χ4v) is 7.08. The average Bonchev–Trinajstić information content (AvgIpc) is 3.05. The Hall–Kier alpha value is -1.98. The van der Waals surface area contributed by atoms with Crippen LogP contribution in [-0.4, -0.2) is 70.3 Å². The number of benzene rings is 1. The van der Waals surface area contributed by atoms with Gasteiger partial charge in [-0.3, -0.25) is 4.79 Å². The smallest absolute Gasteiger partial charge is 0.338 e. The van der Waals surface area contributed by atoms with Crippen LogP contribution in [0.4, 0.5) is 0 Å². The minimum Gasteiger partial charge on any atom is -0.452 e. The van der Waals surface area contributed by atoms with Crippen LogP contribution in [0.2, 0.25) is 0 Å². The third kappa shape index (κ3) is 5.38. The van der Waals surface area contributed by atoms with Crippen molar-refractivity contribution in [1.82, 2.24) is 9.62 Å². The Bertz CT molecular complexity index is 1030. The van der Waals surface area contributed by atoms with Crippen LogP contribution in [-0.2, 0) is 29.4 Å². The highest BCUT2D eigenvalue weighted by Gasteiger charge is 2.30. The number of amides is 1. The summed E-state index contributed by atoms with van der Waals surface area (Å²) < 4.78 is 55.2. The van der Waals surface area contributed by atoms with Gasteiger partial charge < -0.3 is 10.1 Å². The molecular formula is C19H26N2O7S2. The lowest BCUT2D eigenvalue weighted by atomic mass is 10.1. The second-order valence-electron chi connectivity index (χ2n) is 7.69. The zero-order valence-electron chi connectivity index (χ0n) is 16.8. The number of esters is 1. The molecule has 0 spiro atoms. The minimum absolute atomic E-state index is 0.0232. The van der Waals surface area contributed by atoms with Gasteiger partial charge in [-0.1, -0.05) is 12.5 Å². The highest BCUT2D eigenvalue weighted by Crippen LogP contribution is 2.24. The van der Waals surface area contributed by atoms with Crippen molar-refractivity contribution in [3.63, 3.8) is 0 Å². The van der Waals surface area contributed by atoms with E-state index >= 15 is 0 Å². The van der Waals surface area contributed by atoms with Crippen LogP contribution in [0.1, 0.15) is 41.6 Å². The van der Waals surface area contributed by atoms with Crippen LogP contribution in [0.5, 0.6) is 0 Å². The summed E-state index contributed by atoms with van der Waals surface area (Å²) in [6.07, 6.45) is 2.93. The Morgan fingerprint density at radius 3 is 2.53 bits per heavy atom. The second-order valence-corrected chi connectivity index (χ2v) is 11.8. The lowest BCUT2D eigenvalue weighted by molar-refractivity contribution is -0.124. The van der Waals surface area contributed by atoms with Gasteiger partial charge in [0.1, 0.15) is 0 Å². The Balaban J connectivity index is 1.64. The number of sulfone groups is 1. The molecule has 0 saturated carbocycles. The zero-order chi connectivity index (χ0) is 21.9. The monoisotopic (exact) mass is 458 g/mol. The summed E-state index contributed by atoms with van der Waals surface area (Å²) in [7, 11) is -6.85. The highest BCUT2D eigenvalue weighted by molar-refractivity contribution is 7.91. The molecule has 1 N–H and O–H groups in total. The van der Waals surface area contributed by atoms with Crippen LogP contribution in [0.15, 0.2) is 23.1 Å². The number of hydrogen-bond donors (Lipinski definition) is 1. The zero-order valence-corrected chi connectivity index (χ0v) is 18.4.